The molecule has 0 saturated carbocycles. The SMILES string of the molecule is COC(=O)c1cc(Nc2ccc(C(=O)O)cc2)ccn1. The van der Waals surface area contributed by atoms with Crippen LogP contribution in [0, 0.1) is 0 Å². The normalized spacial score (nSPS) is 9.85. The Bertz CT molecular complexity index is 638. The first-order valence-electron chi connectivity index (χ1n) is 5.75. The number of aromatic nitrogens is 1. The van der Waals surface area contributed by atoms with Gasteiger partial charge in [-0.2, -0.15) is 0 Å². The fourth-order valence-corrected chi connectivity index (χ4v) is 1.59. The standard InChI is InChI=1S/C14H12N2O4/c1-20-14(19)12-8-11(6-7-15-12)16-10-4-2-9(3-5-10)13(17)18/h2-8H,1H3,(H,15,16)(H,17,18). The fraction of sp³-hybridized carbons (Fsp3) is 0.0714. The summed E-state index contributed by atoms with van der Waals surface area (Å²) < 4.78 is 4.59. The lowest BCUT2D eigenvalue weighted by atomic mass is 10.2. The van der Waals surface area contributed by atoms with Crippen LogP contribution in [-0.2, 0) is 4.74 Å². The molecule has 0 aliphatic rings. The monoisotopic (exact) mass is 272 g/mol. The minimum atomic E-state index is -0.978. The summed E-state index contributed by atoms with van der Waals surface area (Å²) in [6.45, 7) is 0. The lowest BCUT2D eigenvalue weighted by Gasteiger charge is -2.07. The van der Waals surface area contributed by atoms with Crippen molar-refractivity contribution in [1.29, 1.82) is 0 Å². The summed E-state index contributed by atoms with van der Waals surface area (Å²) >= 11 is 0. The Kier molecular flexibility index (Phi) is 3.95. The van der Waals surface area contributed by atoms with Gasteiger partial charge in [0.25, 0.3) is 0 Å². The quantitative estimate of drug-likeness (QED) is 0.830. The van der Waals surface area contributed by atoms with Crippen molar-refractivity contribution in [2.24, 2.45) is 0 Å². The molecule has 0 radical (unpaired) electrons. The molecule has 20 heavy (non-hydrogen) atoms. The van der Waals surface area contributed by atoms with Crippen molar-refractivity contribution >= 4 is 23.3 Å². The van der Waals surface area contributed by atoms with E-state index in [-0.39, 0.29) is 11.3 Å². The zero-order valence-electron chi connectivity index (χ0n) is 10.7. The molecule has 1 heterocycles. The van der Waals surface area contributed by atoms with E-state index in [9.17, 15) is 9.59 Å². The number of methoxy groups -OCH3 is 1. The minimum absolute atomic E-state index is 0.194. The van der Waals surface area contributed by atoms with Crippen LogP contribution in [-0.4, -0.2) is 29.1 Å². The van der Waals surface area contributed by atoms with Gasteiger partial charge >= 0.3 is 11.9 Å². The average Bonchev–Trinajstić information content (AvgIpc) is 2.47. The van der Waals surface area contributed by atoms with Gasteiger partial charge in [-0.3, -0.25) is 0 Å². The first-order chi connectivity index (χ1) is 9.60. The van der Waals surface area contributed by atoms with Crippen LogP contribution in [0.25, 0.3) is 0 Å². The van der Waals surface area contributed by atoms with Gasteiger partial charge in [0.15, 0.2) is 0 Å². The average molecular weight is 272 g/mol. The number of anilines is 2. The second-order valence-corrected chi connectivity index (χ2v) is 3.93. The van der Waals surface area contributed by atoms with Crippen molar-refractivity contribution in [2.45, 2.75) is 0 Å². The van der Waals surface area contributed by atoms with Crippen molar-refractivity contribution in [3.05, 3.63) is 53.9 Å². The van der Waals surface area contributed by atoms with E-state index in [1.807, 2.05) is 0 Å². The van der Waals surface area contributed by atoms with Crippen molar-refractivity contribution in [3.63, 3.8) is 0 Å². The maximum atomic E-state index is 11.4. The van der Waals surface area contributed by atoms with Crippen molar-refractivity contribution < 1.29 is 19.4 Å². The van der Waals surface area contributed by atoms with Crippen molar-refractivity contribution in [1.82, 2.24) is 4.98 Å². The second-order valence-electron chi connectivity index (χ2n) is 3.93. The van der Waals surface area contributed by atoms with E-state index in [1.54, 1.807) is 24.3 Å². The van der Waals surface area contributed by atoms with Gasteiger partial charge in [-0.25, -0.2) is 14.6 Å². The predicted molar refractivity (Wildman–Crippen MR) is 72.3 cm³/mol. The third-order valence-electron chi connectivity index (χ3n) is 2.57. The number of aromatic carboxylic acids is 1. The number of nitrogens with zero attached hydrogens (tertiary/aromatic N) is 1. The Labute approximate surface area is 115 Å². The van der Waals surface area contributed by atoms with Crippen LogP contribution < -0.4 is 5.32 Å². The predicted octanol–water partition coefficient (Wildman–Crippen LogP) is 2.31. The Hall–Kier alpha value is -2.89. The number of carbonyl (C=O) groups excluding carboxylic acids is 1. The summed E-state index contributed by atoms with van der Waals surface area (Å²) in [5, 5.41) is 11.9. The van der Waals surface area contributed by atoms with E-state index in [0.717, 1.165) is 0 Å². The summed E-state index contributed by atoms with van der Waals surface area (Å²) in [5.74, 6) is -1.50. The molecule has 0 atom stereocenters. The largest absolute Gasteiger partial charge is 0.478 e. The van der Waals surface area contributed by atoms with E-state index in [4.69, 9.17) is 5.11 Å². The molecule has 0 aliphatic heterocycles. The molecule has 1 aromatic heterocycles. The number of carbonyl (C=O) groups is 2. The zero-order chi connectivity index (χ0) is 14.5. The van der Waals surface area contributed by atoms with E-state index in [0.29, 0.717) is 11.4 Å². The third kappa shape index (κ3) is 3.11. The summed E-state index contributed by atoms with van der Waals surface area (Å²) in [6, 6.07) is 9.51. The van der Waals surface area contributed by atoms with Crippen LogP contribution in [0.5, 0.6) is 0 Å². The highest BCUT2D eigenvalue weighted by atomic mass is 16.5. The molecule has 0 aliphatic carbocycles. The van der Waals surface area contributed by atoms with E-state index in [2.05, 4.69) is 15.0 Å². The Balaban J connectivity index is 2.17. The van der Waals surface area contributed by atoms with Gasteiger partial charge in [-0.15, -0.1) is 0 Å². The first kappa shape index (κ1) is 13.5. The highest BCUT2D eigenvalue weighted by Gasteiger charge is 2.07. The molecule has 0 bridgehead atoms. The summed E-state index contributed by atoms with van der Waals surface area (Å²) in [4.78, 5) is 26.0. The number of rotatable bonds is 4. The molecule has 102 valence electrons. The lowest BCUT2D eigenvalue weighted by molar-refractivity contribution is 0.0593. The maximum Gasteiger partial charge on any atom is 0.356 e. The molecule has 0 fully saturated rings. The minimum Gasteiger partial charge on any atom is -0.478 e. The molecule has 2 aromatic rings. The number of nitrogens with one attached hydrogen (secondary N) is 1. The van der Waals surface area contributed by atoms with Gasteiger partial charge in [-0.05, 0) is 36.4 Å². The molecule has 6 nitrogen and oxygen atoms in total. The number of hydrogen-bond donors (Lipinski definition) is 2. The number of carboxylic acids is 1. The molecule has 0 amide bonds. The second kappa shape index (κ2) is 5.83. The molecule has 1 aromatic carbocycles. The summed E-state index contributed by atoms with van der Waals surface area (Å²) in [7, 11) is 1.29. The van der Waals surface area contributed by atoms with Crippen LogP contribution in [0.4, 0.5) is 11.4 Å². The molecule has 2 N–H and O–H groups in total. The molecule has 6 heteroatoms. The third-order valence-corrected chi connectivity index (χ3v) is 2.57. The van der Waals surface area contributed by atoms with E-state index in [1.165, 1.54) is 25.4 Å². The number of hydrogen-bond acceptors (Lipinski definition) is 5. The molecular formula is C14H12N2O4. The molecular weight excluding hydrogens is 260 g/mol. The van der Waals surface area contributed by atoms with Crippen LogP contribution in [0.3, 0.4) is 0 Å². The highest BCUT2D eigenvalue weighted by Crippen LogP contribution is 2.17. The van der Waals surface area contributed by atoms with Crippen LogP contribution >= 0.6 is 0 Å². The van der Waals surface area contributed by atoms with Crippen LogP contribution in [0.2, 0.25) is 0 Å². The van der Waals surface area contributed by atoms with E-state index >= 15 is 0 Å². The van der Waals surface area contributed by atoms with Gasteiger partial charge in [-0.1, -0.05) is 0 Å². The highest BCUT2D eigenvalue weighted by molar-refractivity contribution is 5.89. The molecule has 0 spiro atoms. The Morgan fingerprint density at radius 1 is 1.15 bits per heavy atom. The van der Waals surface area contributed by atoms with Gasteiger partial charge in [0.1, 0.15) is 5.69 Å². The Morgan fingerprint density at radius 3 is 2.45 bits per heavy atom. The van der Waals surface area contributed by atoms with Gasteiger partial charge in [0, 0.05) is 17.6 Å². The number of carboxylic acid groups (broad SMARTS) is 1. The van der Waals surface area contributed by atoms with Crippen molar-refractivity contribution in [3.8, 4) is 0 Å². The fourth-order valence-electron chi connectivity index (χ4n) is 1.59. The molecule has 0 saturated heterocycles. The summed E-state index contributed by atoms with van der Waals surface area (Å²) in [5.41, 5.74) is 1.76. The Morgan fingerprint density at radius 2 is 1.85 bits per heavy atom. The topological polar surface area (TPSA) is 88.5 Å². The van der Waals surface area contributed by atoms with Gasteiger partial charge in [0.05, 0.1) is 12.7 Å². The van der Waals surface area contributed by atoms with E-state index < -0.39 is 11.9 Å². The number of esters is 1. The number of pyridine rings is 1. The maximum absolute atomic E-state index is 11.4. The smallest absolute Gasteiger partial charge is 0.356 e. The zero-order valence-corrected chi connectivity index (χ0v) is 10.7. The molecule has 2 rings (SSSR count). The lowest BCUT2D eigenvalue weighted by Crippen LogP contribution is -2.04. The van der Waals surface area contributed by atoms with Crippen molar-refractivity contribution in [2.75, 3.05) is 12.4 Å². The van der Waals surface area contributed by atoms with Crippen LogP contribution in [0.1, 0.15) is 20.8 Å². The number of ether oxygens (including phenoxy) is 1. The molecule has 0 unspecified atom stereocenters. The van der Waals surface area contributed by atoms with Gasteiger partial charge < -0.3 is 15.2 Å². The number of benzene rings is 1. The van der Waals surface area contributed by atoms with Gasteiger partial charge in [0.2, 0.25) is 0 Å². The van der Waals surface area contributed by atoms with Crippen LogP contribution in [0.15, 0.2) is 42.6 Å². The first-order valence-corrected chi connectivity index (χ1v) is 5.75. The summed E-state index contributed by atoms with van der Waals surface area (Å²) in [6.07, 6.45) is 1.49.